The van der Waals surface area contributed by atoms with Gasteiger partial charge in [0.1, 0.15) is 0 Å². The van der Waals surface area contributed by atoms with Gasteiger partial charge in [-0.1, -0.05) is 27.2 Å². The Hall–Kier alpha value is -0.0800. The normalized spacial score (nSPS) is 33.7. The summed E-state index contributed by atoms with van der Waals surface area (Å²) in [4.78, 5) is 2.86. The molecule has 0 amide bonds. The van der Waals surface area contributed by atoms with Gasteiger partial charge in [-0.15, -0.1) is 0 Å². The number of rotatable bonds is 6. The first kappa shape index (κ1) is 14.3. The van der Waals surface area contributed by atoms with Crippen LogP contribution in [0.15, 0.2) is 0 Å². The van der Waals surface area contributed by atoms with Crippen molar-refractivity contribution < 1.29 is 0 Å². The Labute approximate surface area is 114 Å². The van der Waals surface area contributed by atoms with Gasteiger partial charge < -0.3 is 5.32 Å². The lowest BCUT2D eigenvalue weighted by molar-refractivity contribution is 0.00602. The fourth-order valence-electron chi connectivity index (χ4n) is 3.68. The van der Waals surface area contributed by atoms with E-state index in [1.807, 2.05) is 0 Å². The van der Waals surface area contributed by atoms with Crippen LogP contribution in [0.2, 0.25) is 0 Å². The Morgan fingerprint density at radius 2 is 2.00 bits per heavy atom. The minimum absolute atomic E-state index is 0.780. The molecular formula is C16H32N2. The molecule has 1 saturated heterocycles. The van der Waals surface area contributed by atoms with Crippen LogP contribution in [-0.2, 0) is 0 Å². The van der Waals surface area contributed by atoms with E-state index >= 15 is 0 Å². The Bertz CT molecular complexity index is 239. The predicted molar refractivity (Wildman–Crippen MR) is 78.9 cm³/mol. The van der Waals surface area contributed by atoms with Gasteiger partial charge in [-0.2, -0.15) is 0 Å². The molecule has 106 valence electrons. The van der Waals surface area contributed by atoms with Crippen LogP contribution in [0.4, 0.5) is 0 Å². The Kier molecular flexibility index (Phi) is 5.50. The summed E-state index contributed by atoms with van der Waals surface area (Å²) >= 11 is 0. The number of nitrogens with zero attached hydrogens (tertiary/aromatic N) is 1. The standard InChI is InChI=1S/C16H32N2/c1-4-15-7-5-6-10-18(15)16-9-8-14(16)12-17-11-13(2)3/h13-17H,4-12H2,1-3H3. The summed E-state index contributed by atoms with van der Waals surface area (Å²) in [7, 11) is 0. The molecule has 1 aliphatic heterocycles. The van der Waals surface area contributed by atoms with Crippen LogP contribution < -0.4 is 5.32 Å². The van der Waals surface area contributed by atoms with Gasteiger partial charge in [0.15, 0.2) is 0 Å². The van der Waals surface area contributed by atoms with Crippen molar-refractivity contribution in [3.8, 4) is 0 Å². The van der Waals surface area contributed by atoms with Gasteiger partial charge in [0, 0.05) is 12.1 Å². The molecule has 1 N–H and O–H groups in total. The first-order valence-electron chi connectivity index (χ1n) is 8.18. The summed E-state index contributed by atoms with van der Waals surface area (Å²) in [6.07, 6.45) is 8.58. The van der Waals surface area contributed by atoms with E-state index in [0.717, 1.165) is 23.9 Å². The monoisotopic (exact) mass is 252 g/mol. The minimum Gasteiger partial charge on any atom is -0.316 e. The fraction of sp³-hybridized carbons (Fsp3) is 1.00. The van der Waals surface area contributed by atoms with Crippen LogP contribution in [0.1, 0.15) is 59.3 Å². The summed E-state index contributed by atoms with van der Waals surface area (Å²) in [5, 5.41) is 3.66. The third kappa shape index (κ3) is 3.48. The molecule has 0 radical (unpaired) electrons. The number of likely N-dealkylation sites (tertiary alicyclic amines) is 1. The van der Waals surface area contributed by atoms with E-state index in [4.69, 9.17) is 0 Å². The quantitative estimate of drug-likeness (QED) is 0.780. The van der Waals surface area contributed by atoms with Crippen LogP contribution in [0.25, 0.3) is 0 Å². The smallest absolute Gasteiger partial charge is 0.0139 e. The van der Waals surface area contributed by atoms with Crippen molar-refractivity contribution in [2.45, 2.75) is 71.4 Å². The van der Waals surface area contributed by atoms with Crippen LogP contribution in [0.5, 0.6) is 0 Å². The third-order valence-corrected chi connectivity index (χ3v) is 4.91. The highest BCUT2D eigenvalue weighted by atomic mass is 15.2. The van der Waals surface area contributed by atoms with Gasteiger partial charge in [-0.3, -0.25) is 4.90 Å². The topological polar surface area (TPSA) is 15.3 Å². The molecule has 0 aromatic rings. The van der Waals surface area contributed by atoms with Crippen LogP contribution in [0, 0.1) is 11.8 Å². The third-order valence-electron chi connectivity index (χ3n) is 4.91. The van der Waals surface area contributed by atoms with E-state index in [1.54, 1.807) is 0 Å². The van der Waals surface area contributed by atoms with Gasteiger partial charge in [0.2, 0.25) is 0 Å². The number of hydrogen-bond acceptors (Lipinski definition) is 2. The van der Waals surface area contributed by atoms with Crippen molar-refractivity contribution in [1.29, 1.82) is 0 Å². The molecule has 18 heavy (non-hydrogen) atoms. The average molecular weight is 252 g/mol. The van der Waals surface area contributed by atoms with Gasteiger partial charge >= 0.3 is 0 Å². The van der Waals surface area contributed by atoms with E-state index in [1.165, 1.54) is 58.2 Å². The van der Waals surface area contributed by atoms with E-state index in [-0.39, 0.29) is 0 Å². The number of nitrogens with one attached hydrogen (secondary N) is 1. The molecular weight excluding hydrogens is 220 g/mol. The van der Waals surface area contributed by atoms with Crippen LogP contribution in [0.3, 0.4) is 0 Å². The molecule has 2 heteroatoms. The van der Waals surface area contributed by atoms with Gasteiger partial charge in [0.05, 0.1) is 0 Å². The number of hydrogen-bond donors (Lipinski definition) is 1. The Morgan fingerprint density at radius 1 is 1.17 bits per heavy atom. The molecule has 2 fully saturated rings. The Balaban J connectivity index is 1.77. The maximum Gasteiger partial charge on any atom is 0.0139 e. The second kappa shape index (κ2) is 6.91. The highest BCUT2D eigenvalue weighted by Crippen LogP contribution is 2.36. The first-order chi connectivity index (χ1) is 8.72. The minimum atomic E-state index is 0.780. The highest BCUT2D eigenvalue weighted by Gasteiger charge is 2.38. The van der Waals surface area contributed by atoms with Crippen molar-refractivity contribution in [1.82, 2.24) is 10.2 Å². The van der Waals surface area contributed by atoms with E-state index in [9.17, 15) is 0 Å². The lowest BCUT2D eigenvalue weighted by Crippen LogP contribution is -2.55. The Morgan fingerprint density at radius 3 is 2.61 bits per heavy atom. The maximum atomic E-state index is 3.66. The van der Waals surface area contributed by atoms with Crippen molar-refractivity contribution in [3.05, 3.63) is 0 Å². The molecule has 1 aliphatic carbocycles. The second-order valence-electron chi connectivity index (χ2n) is 6.75. The van der Waals surface area contributed by atoms with Gasteiger partial charge in [0.25, 0.3) is 0 Å². The van der Waals surface area contributed by atoms with Crippen LogP contribution in [-0.4, -0.2) is 36.6 Å². The van der Waals surface area contributed by atoms with E-state index < -0.39 is 0 Å². The van der Waals surface area contributed by atoms with Crippen molar-refractivity contribution >= 4 is 0 Å². The lowest BCUT2D eigenvalue weighted by Gasteiger charge is -2.49. The van der Waals surface area contributed by atoms with Crippen LogP contribution >= 0.6 is 0 Å². The molecule has 1 heterocycles. The largest absolute Gasteiger partial charge is 0.316 e. The SMILES string of the molecule is CCC1CCCCN1C1CCC1CNCC(C)C. The zero-order chi connectivity index (χ0) is 13.0. The van der Waals surface area contributed by atoms with Crippen molar-refractivity contribution in [2.75, 3.05) is 19.6 Å². The van der Waals surface area contributed by atoms with Crippen molar-refractivity contribution in [2.24, 2.45) is 11.8 Å². The molecule has 3 atom stereocenters. The summed E-state index contributed by atoms with van der Waals surface area (Å²) in [6, 6.07) is 1.78. The molecule has 0 aromatic carbocycles. The zero-order valence-corrected chi connectivity index (χ0v) is 12.6. The van der Waals surface area contributed by atoms with E-state index in [2.05, 4.69) is 31.0 Å². The molecule has 2 rings (SSSR count). The molecule has 1 saturated carbocycles. The summed E-state index contributed by atoms with van der Waals surface area (Å²) in [6.45, 7) is 10.7. The first-order valence-corrected chi connectivity index (χ1v) is 8.18. The summed E-state index contributed by atoms with van der Waals surface area (Å²) in [5.41, 5.74) is 0. The molecule has 0 bridgehead atoms. The average Bonchev–Trinajstić information content (AvgIpc) is 2.33. The number of piperidine rings is 1. The second-order valence-corrected chi connectivity index (χ2v) is 6.75. The molecule has 2 nitrogen and oxygen atoms in total. The highest BCUT2D eigenvalue weighted by molar-refractivity contribution is 4.93. The zero-order valence-electron chi connectivity index (χ0n) is 12.6. The predicted octanol–water partition coefficient (Wildman–Crippen LogP) is 3.28. The fourth-order valence-corrected chi connectivity index (χ4v) is 3.68. The van der Waals surface area contributed by atoms with Gasteiger partial charge in [-0.25, -0.2) is 0 Å². The molecule has 0 aromatic heterocycles. The maximum absolute atomic E-state index is 3.66. The lowest BCUT2D eigenvalue weighted by atomic mass is 9.76. The van der Waals surface area contributed by atoms with E-state index in [0.29, 0.717) is 0 Å². The molecule has 2 aliphatic rings. The summed E-state index contributed by atoms with van der Waals surface area (Å²) < 4.78 is 0. The van der Waals surface area contributed by atoms with Crippen molar-refractivity contribution in [3.63, 3.8) is 0 Å². The summed E-state index contributed by atoms with van der Waals surface area (Å²) in [5.74, 6) is 1.71. The molecule has 0 spiro atoms. The molecule has 3 unspecified atom stereocenters. The van der Waals surface area contributed by atoms with Gasteiger partial charge in [-0.05, 0) is 63.6 Å².